The standard InChI is InChI=1S/C14H19N3O2/c1-2-3-10(18)7-17-14(19)12-8-16-13-6-9(15)4-5-11(12)13/h4-6,8,10,16,18H,2-3,7,15H2,1H3,(H,17,19). The summed E-state index contributed by atoms with van der Waals surface area (Å²) in [7, 11) is 0. The van der Waals surface area contributed by atoms with Crippen LogP contribution in [-0.2, 0) is 0 Å². The zero-order valence-electron chi connectivity index (χ0n) is 10.9. The average Bonchev–Trinajstić information content (AvgIpc) is 2.79. The Labute approximate surface area is 111 Å². The van der Waals surface area contributed by atoms with Crippen LogP contribution in [0.5, 0.6) is 0 Å². The second-order valence-electron chi connectivity index (χ2n) is 4.66. The molecule has 1 atom stereocenters. The lowest BCUT2D eigenvalue weighted by Crippen LogP contribution is -2.31. The number of H-pyrrole nitrogens is 1. The van der Waals surface area contributed by atoms with Crippen LogP contribution in [0.4, 0.5) is 5.69 Å². The fraction of sp³-hybridized carbons (Fsp3) is 0.357. The van der Waals surface area contributed by atoms with Gasteiger partial charge in [-0.15, -0.1) is 0 Å². The maximum absolute atomic E-state index is 12.0. The van der Waals surface area contributed by atoms with Gasteiger partial charge in [0.25, 0.3) is 5.91 Å². The number of fused-ring (bicyclic) bond motifs is 1. The van der Waals surface area contributed by atoms with Crippen LogP contribution in [0.1, 0.15) is 30.1 Å². The van der Waals surface area contributed by atoms with Crippen LogP contribution in [0.15, 0.2) is 24.4 Å². The smallest absolute Gasteiger partial charge is 0.253 e. The highest BCUT2D eigenvalue weighted by Crippen LogP contribution is 2.20. The summed E-state index contributed by atoms with van der Waals surface area (Å²) in [5, 5.41) is 13.2. The summed E-state index contributed by atoms with van der Waals surface area (Å²) < 4.78 is 0. The Bertz CT molecular complexity index is 577. The van der Waals surface area contributed by atoms with Crippen molar-refractivity contribution in [1.82, 2.24) is 10.3 Å². The van der Waals surface area contributed by atoms with Gasteiger partial charge >= 0.3 is 0 Å². The van der Waals surface area contributed by atoms with Gasteiger partial charge in [-0.2, -0.15) is 0 Å². The quantitative estimate of drug-likeness (QED) is 0.617. The summed E-state index contributed by atoms with van der Waals surface area (Å²) >= 11 is 0. The lowest BCUT2D eigenvalue weighted by Gasteiger charge is -2.10. The van der Waals surface area contributed by atoms with E-state index >= 15 is 0 Å². The van der Waals surface area contributed by atoms with Gasteiger partial charge in [-0.3, -0.25) is 4.79 Å². The maximum Gasteiger partial charge on any atom is 0.253 e. The molecule has 0 saturated heterocycles. The Kier molecular flexibility index (Phi) is 4.06. The molecule has 0 bridgehead atoms. The van der Waals surface area contributed by atoms with Gasteiger partial charge in [-0.05, 0) is 24.6 Å². The summed E-state index contributed by atoms with van der Waals surface area (Å²) in [4.78, 5) is 15.1. The Morgan fingerprint density at radius 3 is 3.05 bits per heavy atom. The Balaban J connectivity index is 2.09. The molecule has 5 nitrogen and oxygen atoms in total. The molecule has 5 N–H and O–H groups in total. The normalized spacial score (nSPS) is 12.5. The number of aromatic amines is 1. The average molecular weight is 261 g/mol. The fourth-order valence-electron chi connectivity index (χ4n) is 2.07. The molecular formula is C14H19N3O2. The summed E-state index contributed by atoms with van der Waals surface area (Å²) in [6, 6.07) is 5.37. The monoisotopic (exact) mass is 261 g/mol. The zero-order valence-corrected chi connectivity index (χ0v) is 10.9. The number of nitrogens with two attached hydrogens (primary N) is 1. The van der Waals surface area contributed by atoms with E-state index in [9.17, 15) is 9.90 Å². The number of hydrogen-bond acceptors (Lipinski definition) is 3. The van der Waals surface area contributed by atoms with Gasteiger partial charge in [0.05, 0.1) is 11.7 Å². The van der Waals surface area contributed by atoms with E-state index in [0.717, 1.165) is 17.3 Å². The number of nitrogens with one attached hydrogen (secondary N) is 2. The third kappa shape index (κ3) is 3.06. The first-order valence-electron chi connectivity index (χ1n) is 6.44. The number of aliphatic hydroxyl groups excluding tert-OH is 1. The predicted octanol–water partition coefficient (Wildman–Crippen LogP) is 1.64. The number of carbonyl (C=O) groups excluding carboxylic acids is 1. The van der Waals surface area contributed by atoms with E-state index < -0.39 is 6.10 Å². The Morgan fingerprint density at radius 2 is 2.32 bits per heavy atom. The van der Waals surface area contributed by atoms with Gasteiger partial charge in [0.1, 0.15) is 0 Å². The largest absolute Gasteiger partial charge is 0.399 e. The molecule has 0 spiro atoms. The number of carbonyl (C=O) groups is 1. The molecule has 0 aliphatic heterocycles. The summed E-state index contributed by atoms with van der Waals surface area (Å²) in [5.41, 5.74) is 7.74. The van der Waals surface area contributed by atoms with Gasteiger partial charge in [0, 0.05) is 29.3 Å². The first kappa shape index (κ1) is 13.4. The minimum atomic E-state index is -0.491. The van der Waals surface area contributed by atoms with Crippen molar-refractivity contribution in [2.75, 3.05) is 12.3 Å². The molecule has 19 heavy (non-hydrogen) atoms. The van der Waals surface area contributed by atoms with Crippen molar-refractivity contribution in [3.05, 3.63) is 30.0 Å². The third-order valence-corrected chi connectivity index (χ3v) is 3.07. The van der Waals surface area contributed by atoms with E-state index in [2.05, 4.69) is 10.3 Å². The van der Waals surface area contributed by atoms with Crippen LogP contribution in [-0.4, -0.2) is 28.6 Å². The minimum Gasteiger partial charge on any atom is -0.399 e. The zero-order chi connectivity index (χ0) is 13.8. The van der Waals surface area contributed by atoms with Crippen molar-refractivity contribution >= 4 is 22.5 Å². The van der Waals surface area contributed by atoms with Gasteiger partial charge in [-0.25, -0.2) is 0 Å². The lowest BCUT2D eigenvalue weighted by atomic mass is 10.1. The van der Waals surface area contributed by atoms with Crippen molar-refractivity contribution in [3.8, 4) is 0 Å². The van der Waals surface area contributed by atoms with Crippen molar-refractivity contribution in [3.63, 3.8) is 0 Å². The highest BCUT2D eigenvalue weighted by Gasteiger charge is 2.13. The molecule has 2 rings (SSSR count). The SMILES string of the molecule is CCCC(O)CNC(=O)c1c[nH]c2cc(N)ccc12. The molecule has 0 saturated carbocycles. The number of hydrogen-bond donors (Lipinski definition) is 4. The first-order chi connectivity index (χ1) is 9.11. The van der Waals surface area contributed by atoms with Crippen LogP contribution in [0.3, 0.4) is 0 Å². The Hall–Kier alpha value is -2.01. The van der Waals surface area contributed by atoms with E-state index in [1.54, 1.807) is 18.3 Å². The van der Waals surface area contributed by atoms with Gasteiger partial charge in [0.15, 0.2) is 0 Å². The van der Waals surface area contributed by atoms with Crippen LogP contribution in [0.2, 0.25) is 0 Å². The van der Waals surface area contributed by atoms with E-state index in [1.807, 2.05) is 13.0 Å². The van der Waals surface area contributed by atoms with Gasteiger partial charge < -0.3 is 21.1 Å². The molecule has 1 aromatic heterocycles. The van der Waals surface area contributed by atoms with Crippen molar-refractivity contribution in [2.24, 2.45) is 0 Å². The second kappa shape index (κ2) is 5.75. The molecule has 102 valence electrons. The highest BCUT2D eigenvalue weighted by molar-refractivity contribution is 6.07. The molecule has 1 aromatic carbocycles. The molecule has 0 radical (unpaired) electrons. The highest BCUT2D eigenvalue weighted by atomic mass is 16.3. The second-order valence-corrected chi connectivity index (χ2v) is 4.66. The number of anilines is 1. The number of aromatic nitrogens is 1. The van der Waals surface area contributed by atoms with Gasteiger partial charge in [0.2, 0.25) is 0 Å². The van der Waals surface area contributed by atoms with Crippen LogP contribution >= 0.6 is 0 Å². The molecule has 2 aromatic rings. The van der Waals surface area contributed by atoms with Crippen LogP contribution in [0.25, 0.3) is 10.9 Å². The van der Waals surface area contributed by atoms with Crippen LogP contribution in [0, 0.1) is 0 Å². The number of aliphatic hydroxyl groups is 1. The molecule has 5 heteroatoms. The summed E-state index contributed by atoms with van der Waals surface area (Å²) in [5.74, 6) is -0.189. The molecule has 0 aliphatic rings. The molecule has 0 fully saturated rings. The number of rotatable bonds is 5. The first-order valence-corrected chi connectivity index (χ1v) is 6.44. The number of nitrogen functional groups attached to an aromatic ring is 1. The number of amides is 1. The van der Waals surface area contributed by atoms with Gasteiger partial charge in [-0.1, -0.05) is 13.3 Å². The fourth-order valence-corrected chi connectivity index (χ4v) is 2.07. The molecule has 1 amide bonds. The molecule has 1 heterocycles. The lowest BCUT2D eigenvalue weighted by molar-refractivity contribution is 0.0912. The van der Waals surface area contributed by atoms with Crippen molar-refractivity contribution < 1.29 is 9.90 Å². The van der Waals surface area contributed by atoms with Crippen molar-refractivity contribution in [1.29, 1.82) is 0 Å². The Morgan fingerprint density at radius 1 is 1.53 bits per heavy atom. The minimum absolute atomic E-state index is 0.189. The summed E-state index contributed by atoms with van der Waals surface area (Å²) in [6.07, 6.45) is 2.74. The molecule has 1 unspecified atom stereocenters. The number of benzene rings is 1. The van der Waals surface area contributed by atoms with E-state index in [-0.39, 0.29) is 12.5 Å². The van der Waals surface area contributed by atoms with E-state index in [1.165, 1.54) is 0 Å². The topological polar surface area (TPSA) is 91.1 Å². The maximum atomic E-state index is 12.0. The van der Waals surface area contributed by atoms with E-state index in [0.29, 0.717) is 17.7 Å². The van der Waals surface area contributed by atoms with Crippen molar-refractivity contribution in [2.45, 2.75) is 25.9 Å². The summed E-state index contributed by atoms with van der Waals surface area (Å²) in [6.45, 7) is 2.27. The molecule has 0 aliphatic carbocycles. The van der Waals surface area contributed by atoms with Crippen LogP contribution < -0.4 is 11.1 Å². The van der Waals surface area contributed by atoms with E-state index in [4.69, 9.17) is 5.73 Å². The molecular weight excluding hydrogens is 242 g/mol. The third-order valence-electron chi connectivity index (χ3n) is 3.07. The predicted molar refractivity (Wildman–Crippen MR) is 76.0 cm³/mol.